The van der Waals surface area contributed by atoms with Gasteiger partial charge >= 0.3 is 0 Å². The van der Waals surface area contributed by atoms with Crippen LogP contribution in [0.15, 0.2) is 29.6 Å². The molecule has 0 spiro atoms. The van der Waals surface area contributed by atoms with E-state index in [-0.39, 0.29) is 23.4 Å². The van der Waals surface area contributed by atoms with Crippen molar-refractivity contribution in [2.24, 2.45) is 0 Å². The molecule has 1 N–H and O–H groups in total. The van der Waals surface area contributed by atoms with Gasteiger partial charge in [-0.3, -0.25) is 9.59 Å². The molecular formula is C17H24N6O2. The van der Waals surface area contributed by atoms with E-state index in [0.717, 1.165) is 5.82 Å². The molecule has 0 radical (unpaired) electrons. The molecule has 3 heterocycles. The van der Waals surface area contributed by atoms with Gasteiger partial charge in [0.25, 0.3) is 5.56 Å². The van der Waals surface area contributed by atoms with Crippen LogP contribution in [-0.2, 0) is 4.79 Å². The topological polar surface area (TPSA) is 87.1 Å². The summed E-state index contributed by atoms with van der Waals surface area (Å²) in [5.74, 6) is 1.67. The van der Waals surface area contributed by atoms with Crippen LogP contribution < -0.4 is 10.5 Å². The molecule has 1 saturated heterocycles. The fourth-order valence-electron chi connectivity index (χ4n) is 3.19. The van der Waals surface area contributed by atoms with Crippen molar-refractivity contribution >= 4 is 11.7 Å². The summed E-state index contributed by atoms with van der Waals surface area (Å²) >= 11 is 0. The second-order valence-electron chi connectivity index (χ2n) is 6.58. The van der Waals surface area contributed by atoms with Gasteiger partial charge < -0.3 is 19.4 Å². The predicted octanol–water partition coefficient (Wildman–Crippen LogP) is 1.000. The van der Waals surface area contributed by atoms with E-state index in [1.54, 1.807) is 12.4 Å². The number of aromatic nitrogens is 4. The van der Waals surface area contributed by atoms with Crippen molar-refractivity contribution in [2.75, 3.05) is 31.1 Å². The number of nitrogens with zero attached hydrogens (tertiary/aromatic N) is 5. The highest BCUT2D eigenvalue weighted by molar-refractivity contribution is 5.80. The van der Waals surface area contributed by atoms with Crippen molar-refractivity contribution in [3.8, 4) is 0 Å². The lowest BCUT2D eigenvalue weighted by Gasteiger charge is -2.36. The Bertz CT molecular complexity index is 788. The first-order valence-electron chi connectivity index (χ1n) is 8.59. The second kappa shape index (κ2) is 7.08. The summed E-state index contributed by atoms with van der Waals surface area (Å²) in [5.41, 5.74) is -0.198. The van der Waals surface area contributed by atoms with E-state index in [9.17, 15) is 9.59 Å². The molecule has 2 aromatic rings. The average Bonchev–Trinajstić information content (AvgIpc) is 3.11. The van der Waals surface area contributed by atoms with Gasteiger partial charge in [0.15, 0.2) is 5.82 Å². The monoisotopic (exact) mass is 344 g/mol. The van der Waals surface area contributed by atoms with Crippen LogP contribution in [0.4, 0.5) is 5.82 Å². The van der Waals surface area contributed by atoms with Crippen LogP contribution in [-0.4, -0.2) is 56.5 Å². The van der Waals surface area contributed by atoms with E-state index in [0.29, 0.717) is 32.0 Å². The number of hydrogen-bond donors (Lipinski definition) is 1. The Morgan fingerprint density at radius 1 is 1.12 bits per heavy atom. The Kier molecular flexibility index (Phi) is 4.87. The van der Waals surface area contributed by atoms with Gasteiger partial charge in [-0.05, 0) is 6.92 Å². The molecule has 0 aromatic carbocycles. The van der Waals surface area contributed by atoms with Crippen molar-refractivity contribution in [2.45, 2.75) is 32.7 Å². The molecule has 1 aliphatic heterocycles. The molecule has 134 valence electrons. The number of carbonyl (C=O) groups is 1. The SMILES string of the molecule is CC(C)c1nccn1[C@H](C)C(=O)N1CCN(c2ncc[nH]c2=O)CC1. The minimum atomic E-state index is -0.287. The summed E-state index contributed by atoms with van der Waals surface area (Å²) < 4.78 is 1.95. The van der Waals surface area contributed by atoms with Gasteiger partial charge in [0, 0.05) is 56.9 Å². The lowest BCUT2D eigenvalue weighted by Crippen LogP contribution is -2.51. The number of imidazole rings is 1. The highest BCUT2D eigenvalue weighted by Crippen LogP contribution is 2.20. The first kappa shape index (κ1) is 17.2. The van der Waals surface area contributed by atoms with Crippen molar-refractivity contribution in [1.82, 2.24) is 24.4 Å². The van der Waals surface area contributed by atoms with Gasteiger partial charge in [-0.15, -0.1) is 0 Å². The van der Waals surface area contributed by atoms with E-state index in [1.165, 1.54) is 6.20 Å². The Balaban J connectivity index is 1.66. The first-order valence-corrected chi connectivity index (χ1v) is 8.59. The molecule has 1 fully saturated rings. The maximum Gasteiger partial charge on any atom is 0.290 e. The average molecular weight is 344 g/mol. The highest BCUT2D eigenvalue weighted by Gasteiger charge is 2.28. The quantitative estimate of drug-likeness (QED) is 0.894. The summed E-state index contributed by atoms with van der Waals surface area (Å²) in [7, 11) is 0. The zero-order chi connectivity index (χ0) is 18.0. The minimum Gasteiger partial charge on any atom is -0.348 e. The van der Waals surface area contributed by atoms with Gasteiger partial charge in [0.1, 0.15) is 11.9 Å². The standard InChI is InChI=1S/C17H24N6O2/c1-12(2)14-19-6-7-23(14)13(3)17(25)22-10-8-21(9-11-22)15-16(24)20-5-4-18-15/h4-7,12-13H,8-11H2,1-3H3,(H,20,24)/t13-/m1/s1. The molecule has 1 aliphatic rings. The third-order valence-electron chi connectivity index (χ3n) is 4.57. The van der Waals surface area contributed by atoms with Gasteiger partial charge in [-0.1, -0.05) is 13.8 Å². The van der Waals surface area contributed by atoms with Crippen LogP contribution >= 0.6 is 0 Å². The smallest absolute Gasteiger partial charge is 0.290 e. The number of aromatic amines is 1. The van der Waals surface area contributed by atoms with Crippen molar-refractivity contribution in [3.63, 3.8) is 0 Å². The van der Waals surface area contributed by atoms with E-state index >= 15 is 0 Å². The predicted molar refractivity (Wildman–Crippen MR) is 94.7 cm³/mol. The Morgan fingerprint density at radius 3 is 2.48 bits per heavy atom. The number of nitrogens with one attached hydrogen (secondary N) is 1. The van der Waals surface area contributed by atoms with Crippen LogP contribution in [0, 0.1) is 0 Å². The molecule has 8 heteroatoms. The molecule has 3 rings (SSSR count). The van der Waals surface area contributed by atoms with E-state index < -0.39 is 0 Å². The highest BCUT2D eigenvalue weighted by atomic mass is 16.2. The molecule has 0 unspecified atom stereocenters. The zero-order valence-electron chi connectivity index (χ0n) is 14.8. The fourth-order valence-corrected chi connectivity index (χ4v) is 3.19. The molecule has 8 nitrogen and oxygen atoms in total. The maximum atomic E-state index is 12.9. The summed E-state index contributed by atoms with van der Waals surface area (Å²) in [4.78, 5) is 39.6. The van der Waals surface area contributed by atoms with Gasteiger partial charge in [-0.2, -0.15) is 0 Å². The number of anilines is 1. The van der Waals surface area contributed by atoms with E-state index in [1.807, 2.05) is 27.5 Å². The molecule has 0 saturated carbocycles. The molecule has 2 aromatic heterocycles. The summed E-state index contributed by atoms with van der Waals surface area (Å²) in [5, 5.41) is 0. The lowest BCUT2D eigenvalue weighted by molar-refractivity contribution is -0.134. The molecular weight excluding hydrogens is 320 g/mol. The maximum absolute atomic E-state index is 12.9. The zero-order valence-corrected chi connectivity index (χ0v) is 14.8. The third kappa shape index (κ3) is 3.42. The van der Waals surface area contributed by atoms with Crippen molar-refractivity contribution < 1.29 is 4.79 Å². The number of hydrogen-bond acceptors (Lipinski definition) is 5. The molecule has 25 heavy (non-hydrogen) atoms. The Hall–Kier alpha value is -2.64. The Labute approximate surface area is 146 Å². The molecule has 0 bridgehead atoms. The van der Waals surface area contributed by atoms with E-state index in [4.69, 9.17) is 0 Å². The van der Waals surface area contributed by atoms with Crippen LogP contribution in [0.2, 0.25) is 0 Å². The van der Waals surface area contributed by atoms with Crippen molar-refractivity contribution in [1.29, 1.82) is 0 Å². The Morgan fingerprint density at radius 2 is 1.84 bits per heavy atom. The lowest BCUT2D eigenvalue weighted by atomic mass is 10.2. The number of rotatable bonds is 4. The van der Waals surface area contributed by atoms with E-state index in [2.05, 4.69) is 28.8 Å². The number of amides is 1. The van der Waals surface area contributed by atoms with Crippen molar-refractivity contribution in [3.05, 3.63) is 41.0 Å². The summed E-state index contributed by atoms with van der Waals surface area (Å²) in [6, 6.07) is -0.287. The van der Waals surface area contributed by atoms with Crippen LogP contribution in [0.1, 0.15) is 38.6 Å². The van der Waals surface area contributed by atoms with Gasteiger partial charge in [0.05, 0.1) is 0 Å². The van der Waals surface area contributed by atoms with Crippen LogP contribution in [0.25, 0.3) is 0 Å². The minimum absolute atomic E-state index is 0.0782. The normalized spacial score (nSPS) is 16.3. The second-order valence-corrected chi connectivity index (χ2v) is 6.58. The van der Waals surface area contributed by atoms with Gasteiger partial charge in [0.2, 0.25) is 5.91 Å². The number of carbonyl (C=O) groups excluding carboxylic acids is 1. The third-order valence-corrected chi connectivity index (χ3v) is 4.57. The summed E-state index contributed by atoms with van der Waals surface area (Å²) in [6.07, 6.45) is 6.69. The largest absolute Gasteiger partial charge is 0.348 e. The number of piperazine rings is 1. The first-order chi connectivity index (χ1) is 12.0. The molecule has 1 atom stereocenters. The molecule has 0 aliphatic carbocycles. The number of H-pyrrole nitrogens is 1. The van der Waals surface area contributed by atoms with Gasteiger partial charge in [-0.25, -0.2) is 9.97 Å². The van der Waals surface area contributed by atoms with Crippen LogP contribution in [0.5, 0.6) is 0 Å². The molecule has 1 amide bonds. The van der Waals surface area contributed by atoms with Crippen LogP contribution in [0.3, 0.4) is 0 Å². The summed E-state index contributed by atoms with van der Waals surface area (Å²) in [6.45, 7) is 8.39. The fraction of sp³-hybridized carbons (Fsp3) is 0.529.